The van der Waals surface area contributed by atoms with Gasteiger partial charge in [0.25, 0.3) is 0 Å². The first kappa shape index (κ1) is 18.7. The van der Waals surface area contributed by atoms with E-state index in [2.05, 4.69) is 5.32 Å². The lowest BCUT2D eigenvalue weighted by Gasteiger charge is -2.26. The number of methoxy groups -OCH3 is 1. The van der Waals surface area contributed by atoms with E-state index in [1.54, 1.807) is 25.3 Å². The van der Waals surface area contributed by atoms with Crippen molar-refractivity contribution in [3.63, 3.8) is 0 Å². The van der Waals surface area contributed by atoms with E-state index in [0.29, 0.717) is 12.1 Å². The van der Waals surface area contributed by atoms with Crippen LogP contribution >= 0.6 is 0 Å². The highest BCUT2D eigenvalue weighted by molar-refractivity contribution is 5.91. The highest BCUT2D eigenvalue weighted by atomic mass is 19.1. The third-order valence-corrected chi connectivity index (χ3v) is 3.87. The number of hydrogen-bond acceptors (Lipinski definition) is 3. The number of likely N-dealkylation sites (N-methyl/N-ethyl adjacent to an activating group) is 1. The lowest BCUT2D eigenvalue weighted by atomic mass is 10.0. The van der Waals surface area contributed by atoms with Gasteiger partial charge in [-0.15, -0.1) is 0 Å². The molecule has 4 nitrogen and oxygen atoms in total. The van der Waals surface area contributed by atoms with Crippen molar-refractivity contribution >= 4 is 12.0 Å². The predicted molar refractivity (Wildman–Crippen MR) is 97.9 cm³/mol. The van der Waals surface area contributed by atoms with Crippen molar-refractivity contribution in [1.29, 1.82) is 0 Å². The number of carbonyl (C=O) groups is 1. The average molecular weight is 342 g/mol. The van der Waals surface area contributed by atoms with Crippen molar-refractivity contribution in [3.05, 3.63) is 71.6 Å². The smallest absolute Gasteiger partial charge is 0.244 e. The normalized spacial score (nSPS) is 12.4. The zero-order valence-electron chi connectivity index (χ0n) is 14.7. The lowest BCUT2D eigenvalue weighted by Crippen LogP contribution is -2.33. The number of amides is 1. The molecule has 0 saturated carbocycles. The van der Waals surface area contributed by atoms with E-state index in [1.807, 2.05) is 43.3 Å². The van der Waals surface area contributed by atoms with Gasteiger partial charge in [0.15, 0.2) is 0 Å². The van der Waals surface area contributed by atoms with Crippen LogP contribution in [-0.4, -0.2) is 38.6 Å². The largest absolute Gasteiger partial charge is 0.496 e. The quantitative estimate of drug-likeness (QED) is 0.785. The Labute approximate surface area is 147 Å². The van der Waals surface area contributed by atoms with Crippen LogP contribution in [0.5, 0.6) is 5.75 Å². The van der Waals surface area contributed by atoms with Gasteiger partial charge in [-0.2, -0.15) is 0 Å². The van der Waals surface area contributed by atoms with Gasteiger partial charge >= 0.3 is 0 Å². The molecule has 0 aromatic heterocycles. The number of nitrogens with one attached hydrogen (secondary N) is 1. The van der Waals surface area contributed by atoms with Crippen molar-refractivity contribution < 1.29 is 13.9 Å². The molecule has 132 valence electrons. The van der Waals surface area contributed by atoms with Gasteiger partial charge < -0.3 is 15.0 Å². The van der Waals surface area contributed by atoms with E-state index in [4.69, 9.17) is 4.74 Å². The summed E-state index contributed by atoms with van der Waals surface area (Å²) >= 11 is 0. The summed E-state index contributed by atoms with van der Waals surface area (Å²) in [6.07, 6.45) is 3.00. The first-order valence-electron chi connectivity index (χ1n) is 8.02. The van der Waals surface area contributed by atoms with E-state index in [0.717, 1.165) is 11.3 Å². The van der Waals surface area contributed by atoms with Crippen LogP contribution in [0.4, 0.5) is 4.39 Å². The molecule has 1 unspecified atom stereocenters. The van der Waals surface area contributed by atoms with Gasteiger partial charge in [-0.25, -0.2) is 4.39 Å². The van der Waals surface area contributed by atoms with Crippen LogP contribution < -0.4 is 10.1 Å². The minimum atomic E-state index is -0.327. The van der Waals surface area contributed by atoms with E-state index in [9.17, 15) is 9.18 Å². The molecule has 1 atom stereocenters. The van der Waals surface area contributed by atoms with E-state index >= 15 is 0 Å². The van der Waals surface area contributed by atoms with Crippen LogP contribution in [0, 0.1) is 5.82 Å². The molecule has 0 bridgehead atoms. The SMILES string of the molecule is COc1ccccc1C(CNC(=O)/C=C/c1cccc(F)c1)N(C)C. The minimum absolute atomic E-state index is 0.0253. The van der Waals surface area contributed by atoms with Crippen molar-refractivity contribution in [2.75, 3.05) is 27.7 Å². The number of carbonyl (C=O) groups excluding carboxylic acids is 1. The molecule has 2 aromatic rings. The number of benzene rings is 2. The summed E-state index contributed by atoms with van der Waals surface area (Å²) in [6, 6.07) is 13.8. The van der Waals surface area contributed by atoms with Crippen molar-refractivity contribution in [3.8, 4) is 5.75 Å². The van der Waals surface area contributed by atoms with Gasteiger partial charge in [0.1, 0.15) is 11.6 Å². The molecule has 0 aliphatic heterocycles. The van der Waals surface area contributed by atoms with Crippen LogP contribution in [0.3, 0.4) is 0 Å². The van der Waals surface area contributed by atoms with Crippen molar-refractivity contribution in [2.45, 2.75) is 6.04 Å². The monoisotopic (exact) mass is 342 g/mol. The Hall–Kier alpha value is -2.66. The summed E-state index contributed by atoms with van der Waals surface area (Å²) in [4.78, 5) is 14.1. The van der Waals surface area contributed by atoms with Gasteiger partial charge in [0, 0.05) is 18.2 Å². The topological polar surface area (TPSA) is 41.6 Å². The molecular formula is C20H23FN2O2. The predicted octanol–water partition coefficient (Wildman–Crippen LogP) is 3.27. The summed E-state index contributed by atoms with van der Waals surface area (Å²) in [6.45, 7) is 0.430. The number of ether oxygens (including phenoxy) is 1. The zero-order chi connectivity index (χ0) is 18.2. The summed E-state index contributed by atoms with van der Waals surface area (Å²) in [5.41, 5.74) is 1.65. The highest BCUT2D eigenvalue weighted by Crippen LogP contribution is 2.27. The van der Waals surface area contributed by atoms with Crippen molar-refractivity contribution in [1.82, 2.24) is 10.2 Å². The number of para-hydroxylation sites is 1. The standard InChI is InChI=1S/C20H23FN2O2/c1-23(2)18(17-9-4-5-10-19(17)25-3)14-22-20(24)12-11-15-7-6-8-16(21)13-15/h4-13,18H,14H2,1-3H3,(H,22,24)/b12-11+. The molecular weight excluding hydrogens is 319 g/mol. The number of nitrogens with zero attached hydrogens (tertiary/aromatic N) is 1. The van der Waals surface area contributed by atoms with Gasteiger partial charge in [0.05, 0.1) is 13.2 Å². The van der Waals surface area contributed by atoms with Gasteiger partial charge in [-0.1, -0.05) is 30.3 Å². The van der Waals surface area contributed by atoms with Gasteiger partial charge in [-0.05, 0) is 43.9 Å². The Morgan fingerprint density at radius 1 is 1.24 bits per heavy atom. The molecule has 1 amide bonds. The molecule has 25 heavy (non-hydrogen) atoms. The third-order valence-electron chi connectivity index (χ3n) is 3.87. The van der Waals surface area contributed by atoms with E-state index in [1.165, 1.54) is 18.2 Å². The fourth-order valence-electron chi connectivity index (χ4n) is 2.55. The molecule has 1 N–H and O–H groups in total. The summed E-state index contributed by atoms with van der Waals surface area (Å²) in [5, 5.41) is 2.88. The molecule has 0 saturated heterocycles. The summed E-state index contributed by atoms with van der Waals surface area (Å²) in [7, 11) is 5.53. The number of rotatable bonds is 7. The second-order valence-corrected chi connectivity index (χ2v) is 5.85. The maximum absolute atomic E-state index is 13.1. The third kappa shape index (κ3) is 5.43. The minimum Gasteiger partial charge on any atom is -0.496 e. The van der Waals surface area contributed by atoms with Crippen LogP contribution in [0.15, 0.2) is 54.6 Å². The highest BCUT2D eigenvalue weighted by Gasteiger charge is 2.18. The Balaban J connectivity index is 2.02. The molecule has 2 rings (SSSR count). The van der Waals surface area contributed by atoms with Gasteiger partial charge in [-0.3, -0.25) is 4.79 Å². The Morgan fingerprint density at radius 3 is 2.68 bits per heavy atom. The first-order chi connectivity index (χ1) is 12.0. The maximum atomic E-state index is 13.1. The van der Waals surface area contributed by atoms with Crippen molar-refractivity contribution in [2.24, 2.45) is 0 Å². The molecule has 0 aliphatic carbocycles. The van der Waals surface area contributed by atoms with Crippen LogP contribution in [0.1, 0.15) is 17.2 Å². The van der Waals surface area contributed by atoms with Crippen LogP contribution in [0.2, 0.25) is 0 Å². The summed E-state index contributed by atoms with van der Waals surface area (Å²) in [5.74, 6) is 0.225. The summed E-state index contributed by atoms with van der Waals surface area (Å²) < 4.78 is 18.6. The second-order valence-electron chi connectivity index (χ2n) is 5.85. The van der Waals surface area contributed by atoms with Crippen LogP contribution in [0.25, 0.3) is 6.08 Å². The molecule has 2 aromatic carbocycles. The Morgan fingerprint density at radius 2 is 2.00 bits per heavy atom. The number of halogens is 1. The van der Waals surface area contributed by atoms with E-state index in [-0.39, 0.29) is 17.8 Å². The lowest BCUT2D eigenvalue weighted by molar-refractivity contribution is -0.116. The molecule has 0 radical (unpaired) electrons. The van der Waals surface area contributed by atoms with E-state index < -0.39 is 0 Å². The molecule has 0 aliphatic rings. The second kappa shape index (κ2) is 8.99. The maximum Gasteiger partial charge on any atom is 0.244 e. The molecule has 0 spiro atoms. The fraction of sp³-hybridized carbons (Fsp3) is 0.250. The number of hydrogen-bond donors (Lipinski definition) is 1. The average Bonchev–Trinajstić information content (AvgIpc) is 2.60. The molecule has 0 fully saturated rings. The first-order valence-corrected chi connectivity index (χ1v) is 8.02. The molecule has 0 heterocycles. The Kier molecular flexibility index (Phi) is 6.71. The molecule has 5 heteroatoms. The van der Waals surface area contributed by atoms with Gasteiger partial charge in [0.2, 0.25) is 5.91 Å². The zero-order valence-corrected chi connectivity index (χ0v) is 14.7. The Bertz CT molecular complexity index is 744. The van der Waals surface area contributed by atoms with Crippen LogP contribution in [-0.2, 0) is 4.79 Å². The fourth-order valence-corrected chi connectivity index (χ4v) is 2.55.